The second-order valence-electron chi connectivity index (χ2n) is 8.93. The molecule has 7 nitrogen and oxygen atoms in total. The Morgan fingerprint density at radius 1 is 1.10 bits per heavy atom. The summed E-state index contributed by atoms with van der Waals surface area (Å²) in [6, 6.07) is 11.7. The van der Waals surface area contributed by atoms with Crippen LogP contribution >= 0.6 is 0 Å². The van der Waals surface area contributed by atoms with Gasteiger partial charge < -0.3 is 19.9 Å². The predicted molar refractivity (Wildman–Crippen MR) is 122 cm³/mol. The van der Waals surface area contributed by atoms with Crippen LogP contribution in [-0.4, -0.2) is 117 Å². The highest BCUT2D eigenvalue weighted by Crippen LogP contribution is 2.24. The molecule has 3 unspecified atom stereocenters. The lowest BCUT2D eigenvalue weighted by molar-refractivity contribution is -0.0502. The fourth-order valence-corrected chi connectivity index (χ4v) is 4.86. The molecule has 1 aromatic carbocycles. The molecule has 0 aromatic heterocycles. The third-order valence-corrected chi connectivity index (χ3v) is 6.71. The van der Waals surface area contributed by atoms with Gasteiger partial charge in [0, 0.05) is 58.4 Å². The van der Waals surface area contributed by atoms with Gasteiger partial charge in [0.2, 0.25) is 0 Å². The molecule has 0 aliphatic carbocycles. The number of morpholine rings is 1. The first-order valence-corrected chi connectivity index (χ1v) is 11.5. The highest BCUT2D eigenvalue weighted by Gasteiger charge is 2.41. The molecule has 3 fully saturated rings. The van der Waals surface area contributed by atoms with E-state index < -0.39 is 0 Å². The Morgan fingerprint density at radius 3 is 2.73 bits per heavy atom. The van der Waals surface area contributed by atoms with E-state index in [0.717, 1.165) is 71.5 Å². The zero-order valence-corrected chi connectivity index (χ0v) is 18.8. The molecule has 3 aliphatic rings. The first-order valence-electron chi connectivity index (χ1n) is 11.5. The van der Waals surface area contributed by atoms with E-state index in [9.17, 15) is 0 Å². The number of fused-ring (bicyclic) bond motifs is 1. The van der Waals surface area contributed by atoms with E-state index >= 15 is 0 Å². The molecular formula is C23H38N6O. The summed E-state index contributed by atoms with van der Waals surface area (Å²) in [5.74, 6) is 1.04. The van der Waals surface area contributed by atoms with Crippen molar-refractivity contribution in [3.8, 4) is 0 Å². The first-order chi connectivity index (χ1) is 14.6. The molecule has 166 valence electrons. The van der Waals surface area contributed by atoms with Gasteiger partial charge in [0.25, 0.3) is 0 Å². The molecule has 4 rings (SSSR count). The Hall–Kier alpha value is -1.67. The fraction of sp³-hybridized carbons (Fsp3) is 0.696. The van der Waals surface area contributed by atoms with Crippen LogP contribution in [0.5, 0.6) is 0 Å². The average Bonchev–Trinajstić information content (AvgIpc) is 3.19. The number of nitrogens with zero attached hydrogens (tertiary/aromatic N) is 5. The molecule has 0 spiro atoms. The lowest BCUT2D eigenvalue weighted by Gasteiger charge is -2.37. The topological polar surface area (TPSA) is 46.6 Å². The number of benzene rings is 1. The van der Waals surface area contributed by atoms with Crippen molar-refractivity contribution in [2.24, 2.45) is 4.99 Å². The molecule has 30 heavy (non-hydrogen) atoms. The van der Waals surface area contributed by atoms with Crippen molar-refractivity contribution in [1.82, 2.24) is 24.9 Å². The quantitative estimate of drug-likeness (QED) is 0.568. The number of hydrogen-bond acceptors (Lipinski definition) is 5. The van der Waals surface area contributed by atoms with Gasteiger partial charge in [0.15, 0.2) is 5.96 Å². The number of nitrogens with one attached hydrogen (secondary N) is 1. The monoisotopic (exact) mass is 414 g/mol. The van der Waals surface area contributed by atoms with Crippen molar-refractivity contribution in [3.63, 3.8) is 0 Å². The Bertz CT molecular complexity index is 698. The molecule has 0 radical (unpaired) electrons. The molecule has 0 saturated carbocycles. The molecule has 3 saturated heterocycles. The van der Waals surface area contributed by atoms with Crippen molar-refractivity contribution in [1.29, 1.82) is 0 Å². The van der Waals surface area contributed by atoms with Gasteiger partial charge in [-0.3, -0.25) is 14.8 Å². The van der Waals surface area contributed by atoms with Crippen LogP contribution in [-0.2, 0) is 11.3 Å². The molecule has 1 N–H and O–H groups in total. The number of piperazine rings is 1. The Balaban J connectivity index is 1.41. The van der Waals surface area contributed by atoms with Crippen LogP contribution in [0.2, 0.25) is 0 Å². The van der Waals surface area contributed by atoms with E-state index in [1.165, 1.54) is 5.56 Å². The normalized spacial score (nSPS) is 29.2. The summed E-state index contributed by atoms with van der Waals surface area (Å²) >= 11 is 0. The third kappa shape index (κ3) is 5.14. The van der Waals surface area contributed by atoms with Gasteiger partial charge in [0.1, 0.15) is 0 Å². The van der Waals surface area contributed by atoms with Crippen molar-refractivity contribution in [3.05, 3.63) is 35.9 Å². The summed E-state index contributed by atoms with van der Waals surface area (Å²) in [7, 11) is 4.43. The first kappa shape index (κ1) is 21.6. The van der Waals surface area contributed by atoms with Gasteiger partial charge in [-0.05, 0) is 26.6 Å². The number of rotatable bonds is 5. The Labute approximate surface area is 181 Å². The predicted octanol–water partition coefficient (Wildman–Crippen LogP) is 0.783. The van der Waals surface area contributed by atoms with Crippen LogP contribution in [0, 0.1) is 0 Å². The van der Waals surface area contributed by atoms with E-state index in [1.54, 1.807) is 0 Å². The van der Waals surface area contributed by atoms with Crippen molar-refractivity contribution in [2.45, 2.75) is 31.7 Å². The second kappa shape index (κ2) is 10.1. The molecular weight excluding hydrogens is 376 g/mol. The lowest BCUT2D eigenvalue weighted by atomic mass is 10.1. The molecule has 1 aromatic rings. The van der Waals surface area contributed by atoms with Crippen molar-refractivity contribution >= 4 is 5.96 Å². The molecule has 3 heterocycles. The zero-order valence-electron chi connectivity index (χ0n) is 18.8. The minimum atomic E-state index is 0.259. The zero-order chi connectivity index (χ0) is 20.9. The molecule has 0 bridgehead atoms. The van der Waals surface area contributed by atoms with Gasteiger partial charge in [-0.15, -0.1) is 0 Å². The number of ether oxygens (including phenoxy) is 1. The largest absolute Gasteiger partial charge is 0.373 e. The van der Waals surface area contributed by atoms with Gasteiger partial charge in [-0.1, -0.05) is 30.3 Å². The highest BCUT2D eigenvalue weighted by atomic mass is 16.5. The maximum absolute atomic E-state index is 6.17. The number of likely N-dealkylation sites (tertiary alicyclic amines) is 1. The number of guanidine groups is 1. The maximum atomic E-state index is 6.17. The second-order valence-corrected chi connectivity index (χ2v) is 8.93. The van der Waals surface area contributed by atoms with Crippen molar-refractivity contribution in [2.75, 3.05) is 73.1 Å². The summed E-state index contributed by atoms with van der Waals surface area (Å²) in [5, 5.41) is 3.53. The van der Waals surface area contributed by atoms with E-state index in [0.29, 0.717) is 12.1 Å². The summed E-state index contributed by atoms with van der Waals surface area (Å²) in [5.41, 5.74) is 1.38. The molecule has 7 heteroatoms. The lowest BCUT2D eigenvalue weighted by Crippen LogP contribution is -2.52. The summed E-state index contributed by atoms with van der Waals surface area (Å²) < 4.78 is 6.17. The summed E-state index contributed by atoms with van der Waals surface area (Å²) in [6.07, 6.45) is 0.259. The average molecular weight is 415 g/mol. The van der Waals surface area contributed by atoms with Crippen LogP contribution < -0.4 is 5.32 Å². The fourth-order valence-electron chi connectivity index (χ4n) is 4.86. The molecule has 3 aliphatic heterocycles. The van der Waals surface area contributed by atoms with Crippen LogP contribution in [0.25, 0.3) is 0 Å². The standard InChI is InChI=1S/C23H38N6O/c1-4-24-23(25-14-20-16-26(2)10-11-27(20)3)29-17-21-22(18-29)30-13-12-28(21)15-19-8-6-5-7-9-19/h5-9,20-22H,4,10-18H2,1-3H3,(H,24,25). The van der Waals surface area contributed by atoms with Crippen LogP contribution in [0.4, 0.5) is 0 Å². The van der Waals surface area contributed by atoms with E-state index in [4.69, 9.17) is 9.73 Å². The van der Waals surface area contributed by atoms with E-state index in [2.05, 4.69) is 76.3 Å². The van der Waals surface area contributed by atoms with Crippen LogP contribution in [0.15, 0.2) is 35.3 Å². The number of aliphatic imine (C=N–C) groups is 1. The number of likely N-dealkylation sites (N-methyl/N-ethyl adjacent to an activating group) is 2. The highest BCUT2D eigenvalue weighted by molar-refractivity contribution is 5.80. The molecule has 0 amide bonds. The minimum absolute atomic E-state index is 0.259. The third-order valence-electron chi connectivity index (χ3n) is 6.71. The van der Waals surface area contributed by atoms with Crippen LogP contribution in [0.1, 0.15) is 12.5 Å². The Kier molecular flexibility index (Phi) is 7.25. The SMILES string of the molecule is CCNC(=NCC1CN(C)CCN1C)N1CC2OCCN(Cc3ccccc3)C2C1. The van der Waals surface area contributed by atoms with Gasteiger partial charge in [-0.2, -0.15) is 0 Å². The maximum Gasteiger partial charge on any atom is 0.194 e. The smallest absolute Gasteiger partial charge is 0.194 e. The van der Waals surface area contributed by atoms with Crippen LogP contribution in [0.3, 0.4) is 0 Å². The van der Waals surface area contributed by atoms with Gasteiger partial charge in [-0.25, -0.2) is 0 Å². The molecule has 3 atom stereocenters. The summed E-state index contributed by atoms with van der Waals surface area (Å²) in [4.78, 5) is 14.9. The van der Waals surface area contributed by atoms with E-state index in [-0.39, 0.29) is 6.10 Å². The summed E-state index contributed by atoms with van der Waals surface area (Å²) in [6.45, 7) is 11.9. The van der Waals surface area contributed by atoms with Gasteiger partial charge in [0.05, 0.1) is 25.3 Å². The Morgan fingerprint density at radius 2 is 1.93 bits per heavy atom. The van der Waals surface area contributed by atoms with Crippen molar-refractivity contribution < 1.29 is 4.74 Å². The van der Waals surface area contributed by atoms with E-state index in [1.807, 2.05) is 0 Å². The number of hydrogen-bond donors (Lipinski definition) is 1. The van der Waals surface area contributed by atoms with Gasteiger partial charge >= 0.3 is 0 Å². The minimum Gasteiger partial charge on any atom is -0.373 e.